The lowest BCUT2D eigenvalue weighted by Crippen LogP contribution is -2.49. The van der Waals surface area contributed by atoms with Crippen LogP contribution in [0, 0.1) is 5.92 Å². The number of nitrogens with one attached hydrogen (secondary N) is 2. The lowest BCUT2D eigenvalue weighted by Gasteiger charge is -2.34. The van der Waals surface area contributed by atoms with E-state index in [4.69, 9.17) is 4.74 Å². The van der Waals surface area contributed by atoms with Gasteiger partial charge < -0.3 is 20.3 Å². The van der Waals surface area contributed by atoms with Gasteiger partial charge in [-0.3, -0.25) is 9.59 Å². The number of nitrogens with zero attached hydrogens (tertiary/aromatic N) is 1. The van der Waals surface area contributed by atoms with E-state index >= 15 is 0 Å². The minimum atomic E-state index is -0.337. The molecule has 3 unspecified atom stereocenters. The number of halogens is 1. The van der Waals surface area contributed by atoms with E-state index in [1.54, 1.807) is 7.11 Å². The van der Waals surface area contributed by atoms with Crippen LogP contribution in [0.25, 0.3) is 0 Å². The van der Waals surface area contributed by atoms with E-state index in [1.165, 1.54) is 0 Å². The fourth-order valence-corrected chi connectivity index (χ4v) is 3.35. The molecule has 2 amide bonds. The van der Waals surface area contributed by atoms with Crippen molar-refractivity contribution in [2.45, 2.75) is 51.2 Å². The normalized spacial score (nSPS) is 25.6. The van der Waals surface area contributed by atoms with Gasteiger partial charge in [-0.2, -0.15) is 0 Å². The van der Waals surface area contributed by atoms with Gasteiger partial charge in [-0.15, -0.1) is 12.4 Å². The van der Waals surface area contributed by atoms with Crippen molar-refractivity contribution in [3.8, 4) is 0 Å². The Morgan fingerprint density at radius 1 is 1.35 bits per heavy atom. The number of carbonyl (C=O) groups excluding carboxylic acids is 2. The van der Waals surface area contributed by atoms with Crippen LogP contribution < -0.4 is 10.6 Å². The first-order valence-electron chi connectivity index (χ1n) is 8.48. The molecule has 0 spiro atoms. The zero-order valence-corrected chi connectivity index (χ0v) is 15.0. The first kappa shape index (κ1) is 20.2. The number of hydrogen-bond acceptors (Lipinski definition) is 4. The molecule has 3 atom stereocenters. The van der Waals surface area contributed by atoms with Gasteiger partial charge >= 0.3 is 0 Å². The molecule has 2 aliphatic rings. The summed E-state index contributed by atoms with van der Waals surface area (Å²) in [6, 6.07) is -0.0284. The van der Waals surface area contributed by atoms with E-state index in [1.807, 2.05) is 11.8 Å². The van der Waals surface area contributed by atoms with E-state index in [9.17, 15) is 9.59 Å². The van der Waals surface area contributed by atoms with Crippen molar-refractivity contribution >= 4 is 24.2 Å². The minimum Gasteiger partial charge on any atom is -0.372 e. The summed E-state index contributed by atoms with van der Waals surface area (Å²) in [5.74, 6) is 0.528. The van der Waals surface area contributed by atoms with Crippen LogP contribution in [0.2, 0.25) is 0 Å². The lowest BCUT2D eigenvalue weighted by molar-refractivity contribution is -0.144. The zero-order valence-electron chi connectivity index (χ0n) is 14.2. The molecular weight excluding hydrogens is 318 g/mol. The SMILES string of the molecule is CCC(OC)C(=O)N1CCCC(CNC(=O)C2CCCN2)C1.Cl. The van der Waals surface area contributed by atoms with E-state index in [0.29, 0.717) is 18.9 Å². The number of carbonyl (C=O) groups is 2. The third-order valence-electron chi connectivity index (χ3n) is 4.70. The maximum atomic E-state index is 12.4. The number of methoxy groups -OCH3 is 1. The molecule has 2 aliphatic heterocycles. The Balaban J connectivity index is 0.00000264. The number of amides is 2. The van der Waals surface area contributed by atoms with Crippen molar-refractivity contribution < 1.29 is 14.3 Å². The van der Waals surface area contributed by atoms with Gasteiger partial charge in [-0.25, -0.2) is 0 Å². The molecule has 2 rings (SSSR count). The number of hydrogen-bond donors (Lipinski definition) is 2. The second-order valence-corrected chi connectivity index (χ2v) is 6.32. The van der Waals surface area contributed by atoms with E-state index in [0.717, 1.165) is 45.3 Å². The molecule has 23 heavy (non-hydrogen) atoms. The van der Waals surface area contributed by atoms with Gasteiger partial charge in [0, 0.05) is 26.7 Å². The van der Waals surface area contributed by atoms with Crippen molar-refractivity contribution in [2.24, 2.45) is 5.92 Å². The van der Waals surface area contributed by atoms with Crippen LogP contribution in [0.4, 0.5) is 0 Å². The molecule has 0 radical (unpaired) electrons. The molecule has 7 heteroatoms. The molecule has 2 N–H and O–H groups in total. The van der Waals surface area contributed by atoms with Crippen molar-refractivity contribution in [1.29, 1.82) is 0 Å². The predicted octanol–water partition coefficient (Wildman–Crippen LogP) is 0.940. The minimum absolute atomic E-state index is 0. The monoisotopic (exact) mass is 347 g/mol. The Labute approximate surface area is 145 Å². The van der Waals surface area contributed by atoms with Crippen LogP contribution in [0.3, 0.4) is 0 Å². The van der Waals surface area contributed by atoms with Crippen LogP contribution in [0.1, 0.15) is 39.0 Å². The second kappa shape index (κ2) is 10.1. The molecule has 2 fully saturated rings. The topological polar surface area (TPSA) is 70.7 Å². The van der Waals surface area contributed by atoms with Gasteiger partial charge in [0.25, 0.3) is 5.91 Å². The van der Waals surface area contributed by atoms with E-state index < -0.39 is 0 Å². The summed E-state index contributed by atoms with van der Waals surface area (Å²) in [5.41, 5.74) is 0. The molecule has 0 aromatic heterocycles. The van der Waals surface area contributed by atoms with Gasteiger partial charge in [0.2, 0.25) is 5.91 Å². The predicted molar refractivity (Wildman–Crippen MR) is 91.7 cm³/mol. The highest BCUT2D eigenvalue weighted by Gasteiger charge is 2.29. The summed E-state index contributed by atoms with van der Waals surface area (Å²) in [4.78, 5) is 26.3. The highest BCUT2D eigenvalue weighted by atomic mass is 35.5. The van der Waals surface area contributed by atoms with Crippen LogP contribution in [-0.4, -0.2) is 62.1 Å². The smallest absolute Gasteiger partial charge is 0.251 e. The molecule has 0 saturated carbocycles. The first-order chi connectivity index (χ1) is 10.7. The molecule has 2 heterocycles. The van der Waals surface area contributed by atoms with Crippen molar-refractivity contribution in [2.75, 3.05) is 33.3 Å². The van der Waals surface area contributed by atoms with E-state index in [2.05, 4.69) is 10.6 Å². The molecular formula is C16H30ClN3O3. The maximum absolute atomic E-state index is 12.4. The van der Waals surface area contributed by atoms with Gasteiger partial charge in [-0.1, -0.05) is 6.92 Å². The summed E-state index contributed by atoms with van der Waals surface area (Å²) in [5, 5.41) is 6.25. The maximum Gasteiger partial charge on any atom is 0.251 e. The summed E-state index contributed by atoms with van der Waals surface area (Å²) >= 11 is 0. The third kappa shape index (κ3) is 5.62. The van der Waals surface area contributed by atoms with E-state index in [-0.39, 0.29) is 36.4 Å². The van der Waals surface area contributed by atoms with Gasteiger partial charge in [-0.05, 0) is 44.6 Å². The molecule has 0 aliphatic carbocycles. The summed E-state index contributed by atoms with van der Waals surface area (Å²) < 4.78 is 5.25. The first-order valence-corrected chi connectivity index (χ1v) is 8.48. The Morgan fingerprint density at radius 3 is 2.74 bits per heavy atom. The Bertz CT molecular complexity index is 385. The lowest BCUT2D eigenvalue weighted by atomic mass is 9.97. The quantitative estimate of drug-likeness (QED) is 0.750. The van der Waals surface area contributed by atoms with Crippen LogP contribution in [0.15, 0.2) is 0 Å². The fraction of sp³-hybridized carbons (Fsp3) is 0.875. The van der Waals surface area contributed by atoms with Gasteiger partial charge in [0.05, 0.1) is 6.04 Å². The zero-order chi connectivity index (χ0) is 15.9. The van der Waals surface area contributed by atoms with Crippen molar-refractivity contribution in [1.82, 2.24) is 15.5 Å². The standard InChI is InChI=1S/C16H29N3O3.ClH/c1-3-14(22-2)16(21)19-9-5-6-12(11-19)10-18-15(20)13-7-4-8-17-13;/h12-14,17H,3-11H2,1-2H3,(H,18,20);1H. The average molecular weight is 348 g/mol. The second-order valence-electron chi connectivity index (χ2n) is 6.32. The third-order valence-corrected chi connectivity index (χ3v) is 4.70. The largest absolute Gasteiger partial charge is 0.372 e. The van der Waals surface area contributed by atoms with Crippen LogP contribution in [0.5, 0.6) is 0 Å². The van der Waals surface area contributed by atoms with Crippen molar-refractivity contribution in [3.63, 3.8) is 0 Å². The molecule has 0 aromatic rings. The van der Waals surface area contributed by atoms with Gasteiger partial charge in [0.15, 0.2) is 0 Å². The Kier molecular flexibility index (Phi) is 8.87. The van der Waals surface area contributed by atoms with Crippen LogP contribution >= 0.6 is 12.4 Å². The van der Waals surface area contributed by atoms with Crippen molar-refractivity contribution in [3.05, 3.63) is 0 Å². The number of piperidine rings is 1. The van der Waals surface area contributed by atoms with Gasteiger partial charge in [0.1, 0.15) is 6.10 Å². The molecule has 134 valence electrons. The summed E-state index contributed by atoms with van der Waals surface area (Å²) in [6.45, 7) is 5.07. The Morgan fingerprint density at radius 2 is 2.13 bits per heavy atom. The number of rotatable bonds is 6. The highest BCUT2D eigenvalue weighted by Crippen LogP contribution is 2.18. The molecule has 0 aromatic carbocycles. The number of ether oxygens (including phenoxy) is 1. The highest BCUT2D eigenvalue weighted by molar-refractivity contribution is 5.85. The molecule has 6 nitrogen and oxygen atoms in total. The molecule has 2 saturated heterocycles. The fourth-order valence-electron chi connectivity index (χ4n) is 3.35. The summed E-state index contributed by atoms with van der Waals surface area (Å²) in [7, 11) is 1.59. The average Bonchev–Trinajstić information content (AvgIpc) is 3.08. The van der Waals surface area contributed by atoms with Crippen LogP contribution in [-0.2, 0) is 14.3 Å². The Hall–Kier alpha value is -0.850. The summed E-state index contributed by atoms with van der Waals surface area (Å²) in [6.07, 6.45) is 4.41. The molecule has 0 bridgehead atoms. The number of likely N-dealkylation sites (tertiary alicyclic amines) is 1.